The molecule has 1 unspecified atom stereocenters. The smallest absolute Gasteiger partial charge is 0.119 e. The van der Waals surface area contributed by atoms with Gasteiger partial charge in [-0.3, -0.25) is 0 Å². The zero-order valence-corrected chi connectivity index (χ0v) is 12.1. The van der Waals surface area contributed by atoms with Crippen LogP contribution < -0.4 is 10.5 Å². The van der Waals surface area contributed by atoms with E-state index in [1.807, 2.05) is 11.8 Å². The maximum absolute atomic E-state index is 6.15. The molecule has 1 aromatic rings. The minimum atomic E-state index is 0.197. The molecular formula is C15H23NOS. The number of rotatable bonds is 5. The maximum atomic E-state index is 6.15. The minimum Gasteiger partial charge on any atom is -0.493 e. The van der Waals surface area contributed by atoms with Crippen LogP contribution in [-0.4, -0.2) is 17.6 Å². The van der Waals surface area contributed by atoms with Gasteiger partial charge in [-0.25, -0.2) is 0 Å². The molecule has 3 heteroatoms. The molecule has 2 rings (SSSR count). The van der Waals surface area contributed by atoms with Gasteiger partial charge in [0.05, 0.1) is 6.61 Å². The summed E-state index contributed by atoms with van der Waals surface area (Å²) in [6.07, 6.45) is 3.46. The molecule has 0 aromatic heterocycles. The zero-order chi connectivity index (χ0) is 13.0. The Balaban J connectivity index is 1.92. The molecule has 0 radical (unpaired) electrons. The highest BCUT2D eigenvalue weighted by Crippen LogP contribution is 2.30. The summed E-state index contributed by atoms with van der Waals surface area (Å²) in [4.78, 5) is 0. The summed E-state index contributed by atoms with van der Waals surface area (Å²) in [5, 5.41) is 0.672. The molecule has 0 bridgehead atoms. The van der Waals surface area contributed by atoms with Crippen LogP contribution in [0.25, 0.3) is 0 Å². The van der Waals surface area contributed by atoms with Crippen LogP contribution >= 0.6 is 11.8 Å². The largest absolute Gasteiger partial charge is 0.493 e. The topological polar surface area (TPSA) is 35.2 Å². The molecule has 0 amide bonds. The molecule has 1 aliphatic rings. The second-order valence-electron chi connectivity index (χ2n) is 5.13. The van der Waals surface area contributed by atoms with Gasteiger partial charge >= 0.3 is 0 Å². The fraction of sp³-hybridized carbons (Fsp3) is 0.600. The molecule has 100 valence electrons. The summed E-state index contributed by atoms with van der Waals surface area (Å²) in [6, 6.07) is 6.59. The van der Waals surface area contributed by atoms with E-state index in [1.54, 1.807) is 0 Å². The SMILES string of the molecule is CC(C)SCCOc1ccc2c(c1)C(N)CCC2. The van der Waals surface area contributed by atoms with E-state index in [9.17, 15) is 0 Å². The first-order valence-electron chi connectivity index (χ1n) is 6.79. The van der Waals surface area contributed by atoms with E-state index in [1.165, 1.54) is 17.5 Å². The Morgan fingerprint density at radius 2 is 2.28 bits per heavy atom. The van der Waals surface area contributed by atoms with E-state index in [4.69, 9.17) is 10.5 Å². The maximum Gasteiger partial charge on any atom is 0.119 e. The van der Waals surface area contributed by atoms with E-state index >= 15 is 0 Å². The van der Waals surface area contributed by atoms with Crippen LogP contribution in [0.3, 0.4) is 0 Å². The van der Waals surface area contributed by atoms with Gasteiger partial charge in [0.25, 0.3) is 0 Å². The lowest BCUT2D eigenvalue weighted by atomic mass is 9.88. The Kier molecular flexibility index (Phi) is 4.95. The van der Waals surface area contributed by atoms with E-state index < -0.39 is 0 Å². The number of benzene rings is 1. The van der Waals surface area contributed by atoms with Gasteiger partial charge in [0.15, 0.2) is 0 Å². The third-order valence-corrected chi connectivity index (χ3v) is 4.35. The fourth-order valence-electron chi connectivity index (χ4n) is 2.35. The molecule has 0 saturated carbocycles. The number of aryl methyl sites for hydroxylation is 1. The van der Waals surface area contributed by atoms with Crippen LogP contribution in [0.15, 0.2) is 18.2 Å². The molecule has 0 aliphatic heterocycles. The molecule has 1 aromatic carbocycles. The summed E-state index contributed by atoms with van der Waals surface area (Å²) < 4.78 is 5.79. The van der Waals surface area contributed by atoms with Crippen molar-refractivity contribution in [1.82, 2.24) is 0 Å². The van der Waals surface area contributed by atoms with E-state index in [0.29, 0.717) is 5.25 Å². The van der Waals surface area contributed by atoms with E-state index in [-0.39, 0.29) is 6.04 Å². The van der Waals surface area contributed by atoms with Gasteiger partial charge in [0.1, 0.15) is 5.75 Å². The van der Waals surface area contributed by atoms with Gasteiger partial charge in [-0.15, -0.1) is 0 Å². The number of nitrogens with two attached hydrogens (primary N) is 1. The van der Waals surface area contributed by atoms with Gasteiger partial charge in [-0.2, -0.15) is 11.8 Å². The van der Waals surface area contributed by atoms with Crippen molar-refractivity contribution in [3.63, 3.8) is 0 Å². The number of fused-ring (bicyclic) bond motifs is 1. The molecule has 0 fully saturated rings. The van der Waals surface area contributed by atoms with Crippen molar-refractivity contribution in [1.29, 1.82) is 0 Å². The molecule has 0 saturated heterocycles. The van der Waals surface area contributed by atoms with E-state index in [0.717, 1.165) is 31.0 Å². The second kappa shape index (κ2) is 6.48. The van der Waals surface area contributed by atoms with Crippen LogP contribution in [0.5, 0.6) is 5.75 Å². The zero-order valence-electron chi connectivity index (χ0n) is 11.3. The molecule has 18 heavy (non-hydrogen) atoms. The highest BCUT2D eigenvalue weighted by atomic mass is 32.2. The van der Waals surface area contributed by atoms with E-state index in [2.05, 4.69) is 32.0 Å². The predicted molar refractivity (Wildman–Crippen MR) is 79.4 cm³/mol. The van der Waals surface area contributed by atoms with Crippen molar-refractivity contribution in [3.8, 4) is 5.75 Å². The van der Waals surface area contributed by atoms with Crippen molar-refractivity contribution in [2.75, 3.05) is 12.4 Å². The van der Waals surface area contributed by atoms with Gasteiger partial charge in [-0.1, -0.05) is 19.9 Å². The van der Waals surface area contributed by atoms with Crippen molar-refractivity contribution in [2.24, 2.45) is 5.73 Å². The Morgan fingerprint density at radius 1 is 1.44 bits per heavy atom. The van der Waals surface area contributed by atoms with Gasteiger partial charge in [-0.05, 0) is 47.8 Å². The Bertz CT molecular complexity index is 392. The summed E-state index contributed by atoms with van der Waals surface area (Å²) in [5.74, 6) is 2.01. The third kappa shape index (κ3) is 3.66. The standard InChI is InChI=1S/C15H23NOS/c1-11(2)18-9-8-17-13-7-6-12-4-3-5-15(16)14(12)10-13/h6-7,10-11,15H,3-5,8-9,16H2,1-2H3. The molecule has 0 spiro atoms. The summed E-state index contributed by atoms with van der Waals surface area (Å²) in [7, 11) is 0. The number of ether oxygens (including phenoxy) is 1. The Morgan fingerprint density at radius 3 is 3.06 bits per heavy atom. The van der Waals surface area contributed by atoms with Crippen LogP contribution in [0, 0.1) is 0 Å². The lowest BCUT2D eigenvalue weighted by Gasteiger charge is -2.22. The van der Waals surface area contributed by atoms with Crippen molar-refractivity contribution in [3.05, 3.63) is 29.3 Å². The summed E-state index contributed by atoms with van der Waals surface area (Å²) in [6.45, 7) is 5.20. The monoisotopic (exact) mass is 265 g/mol. The minimum absolute atomic E-state index is 0.197. The van der Waals surface area contributed by atoms with Crippen LogP contribution in [0.1, 0.15) is 43.9 Å². The number of hydrogen-bond acceptors (Lipinski definition) is 3. The molecule has 2 nitrogen and oxygen atoms in total. The molecule has 2 N–H and O–H groups in total. The Labute approximate surface area is 114 Å². The second-order valence-corrected chi connectivity index (χ2v) is 6.81. The quantitative estimate of drug-likeness (QED) is 0.827. The van der Waals surface area contributed by atoms with Crippen LogP contribution in [0.2, 0.25) is 0 Å². The average molecular weight is 265 g/mol. The average Bonchev–Trinajstić information content (AvgIpc) is 2.35. The Hall–Kier alpha value is -0.670. The first-order valence-corrected chi connectivity index (χ1v) is 7.84. The first-order chi connectivity index (χ1) is 8.66. The van der Waals surface area contributed by atoms with Crippen molar-refractivity contribution >= 4 is 11.8 Å². The highest BCUT2D eigenvalue weighted by molar-refractivity contribution is 7.99. The summed E-state index contributed by atoms with van der Waals surface area (Å²) >= 11 is 1.93. The van der Waals surface area contributed by atoms with Gasteiger partial charge in [0, 0.05) is 11.8 Å². The van der Waals surface area contributed by atoms with Crippen molar-refractivity contribution < 1.29 is 4.74 Å². The van der Waals surface area contributed by atoms with Crippen LogP contribution in [-0.2, 0) is 6.42 Å². The molecular weight excluding hydrogens is 242 g/mol. The number of thioether (sulfide) groups is 1. The van der Waals surface area contributed by atoms with Crippen LogP contribution in [0.4, 0.5) is 0 Å². The lowest BCUT2D eigenvalue weighted by Crippen LogP contribution is -2.17. The highest BCUT2D eigenvalue weighted by Gasteiger charge is 2.17. The lowest BCUT2D eigenvalue weighted by molar-refractivity contribution is 0.342. The summed E-state index contributed by atoms with van der Waals surface area (Å²) in [5.41, 5.74) is 8.84. The first kappa shape index (κ1) is 13.8. The van der Waals surface area contributed by atoms with Gasteiger partial charge < -0.3 is 10.5 Å². The number of hydrogen-bond donors (Lipinski definition) is 1. The van der Waals surface area contributed by atoms with Gasteiger partial charge in [0.2, 0.25) is 0 Å². The fourth-order valence-corrected chi connectivity index (χ4v) is 3.00. The third-order valence-electron chi connectivity index (χ3n) is 3.28. The normalized spacial score (nSPS) is 18.8. The molecule has 1 atom stereocenters. The molecule has 0 heterocycles. The predicted octanol–water partition coefficient (Wildman–Crippen LogP) is 3.54. The molecule has 1 aliphatic carbocycles. The van der Waals surface area contributed by atoms with Crippen molar-refractivity contribution in [2.45, 2.75) is 44.4 Å².